The molecule has 0 amide bonds. The van der Waals surface area contributed by atoms with Gasteiger partial charge in [0.15, 0.2) is 0 Å². The summed E-state index contributed by atoms with van der Waals surface area (Å²) in [5.74, 6) is -0.688. The number of aryl methyl sites for hydroxylation is 1. The Morgan fingerprint density at radius 1 is 1.16 bits per heavy atom. The van der Waals surface area contributed by atoms with Crippen LogP contribution in [0.15, 0.2) is 36.4 Å². The molecule has 0 saturated carbocycles. The molecule has 0 saturated heterocycles. The van der Waals surface area contributed by atoms with Crippen molar-refractivity contribution in [1.82, 2.24) is 0 Å². The summed E-state index contributed by atoms with van der Waals surface area (Å²) in [5.41, 5.74) is 1.91. The summed E-state index contributed by atoms with van der Waals surface area (Å²) < 4.78 is 26.7. The number of rotatable bonds is 3. The molecule has 100 valence electrons. The predicted molar refractivity (Wildman–Crippen MR) is 74.8 cm³/mol. The maximum Gasteiger partial charge on any atom is 0.127 e. The SMILES string of the molecule is Cc1cc(F)ccc1C(Cl)Cc1c(F)cccc1Cl. The molecule has 0 nitrogen and oxygen atoms in total. The first kappa shape index (κ1) is 14.3. The van der Waals surface area contributed by atoms with Crippen molar-refractivity contribution < 1.29 is 8.78 Å². The molecule has 0 aliphatic heterocycles. The van der Waals surface area contributed by atoms with Crippen LogP contribution in [0.1, 0.15) is 22.1 Å². The number of hydrogen-bond acceptors (Lipinski definition) is 0. The van der Waals surface area contributed by atoms with Gasteiger partial charge in [0.2, 0.25) is 0 Å². The number of alkyl halides is 1. The van der Waals surface area contributed by atoms with Crippen molar-refractivity contribution in [3.8, 4) is 0 Å². The Bertz CT molecular complexity index is 576. The summed E-state index contributed by atoms with van der Waals surface area (Å²) in [6.45, 7) is 1.77. The molecule has 1 atom stereocenters. The van der Waals surface area contributed by atoms with E-state index in [0.717, 1.165) is 11.1 Å². The molecular weight excluding hydrogens is 289 g/mol. The highest BCUT2D eigenvalue weighted by molar-refractivity contribution is 6.31. The van der Waals surface area contributed by atoms with Crippen molar-refractivity contribution in [2.75, 3.05) is 0 Å². The van der Waals surface area contributed by atoms with Crippen LogP contribution in [-0.2, 0) is 6.42 Å². The van der Waals surface area contributed by atoms with Crippen LogP contribution in [0, 0.1) is 18.6 Å². The largest absolute Gasteiger partial charge is 0.207 e. The molecule has 0 radical (unpaired) electrons. The zero-order valence-electron chi connectivity index (χ0n) is 10.3. The van der Waals surface area contributed by atoms with Gasteiger partial charge in [-0.25, -0.2) is 8.78 Å². The maximum absolute atomic E-state index is 13.7. The van der Waals surface area contributed by atoms with Crippen molar-refractivity contribution in [1.29, 1.82) is 0 Å². The number of halogens is 4. The van der Waals surface area contributed by atoms with Gasteiger partial charge in [-0.3, -0.25) is 0 Å². The molecular formula is C15H12Cl2F2. The molecule has 19 heavy (non-hydrogen) atoms. The van der Waals surface area contributed by atoms with Gasteiger partial charge in [0.05, 0.1) is 5.38 Å². The van der Waals surface area contributed by atoms with Crippen LogP contribution in [-0.4, -0.2) is 0 Å². The minimum atomic E-state index is -0.449. The highest BCUT2D eigenvalue weighted by Crippen LogP contribution is 2.31. The fourth-order valence-electron chi connectivity index (χ4n) is 2.01. The average molecular weight is 301 g/mol. The van der Waals surface area contributed by atoms with Gasteiger partial charge >= 0.3 is 0 Å². The Kier molecular flexibility index (Phi) is 4.43. The Morgan fingerprint density at radius 3 is 2.53 bits per heavy atom. The Morgan fingerprint density at radius 2 is 1.89 bits per heavy atom. The van der Waals surface area contributed by atoms with Crippen LogP contribution >= 0.6 is 23.2 Å². The quantitative estimate of drug-likeness (QED) is 0.661. The molecule has 0 aliphatic carbocycles. The molecule has 0 heterocycles. The topological polar surface area (TPSA) is 0 Å². The minimum Gasteiger partial charge on any atom is -0.207 e. The molecule has 4 heteroatoms. The molecule has 0 spiro atoms. The monoisotopic (exact) mass is 300 g/mol. The van der Waals surface area contributed by atoms with E-state index in [1.807, 2.05) is 0 Å². The lowest BCUT2D eigenvalue weighted by Crippen LogP contribution is -2.01. The molecule has 2 aromatic carbocycles. The Balaban J connectivity index is 2.28. The fraction of sp³-hybridized carbons (Fsp3) is 0.200. The highest BCUT2D eigenvalue weighted by atomic mass is 35.5. The number of hydrogen-bond donors (Lipinski definition) is 0. The van der Waals surface area contributed by atoms with Crippen molar-refractivity contribution >= 4 is 23.2 Å². The standard InChI is InChI=1S/C15H12Cl2F2/c1-9-7-10(18)5-6-11(9)14(17)8-12-13(16)3-2-4-15(12)19/h2-7,14H,8H2,1H3. The first-order chi connectivity index (χ1) is 8.99. The molecule has 1 unspecified atom stereocenters. The summed E-state index contributed by atoms with van der Waals surface area (Å²) in [5, 5.41) is -0.0968. The lowest BCUT2D eigenvalue weighted by Gasteiger charge is -2.14. The predicted octanol–water partition coefficient (Wildman–Crippen LogP) is 5.45. The van der Waals surface area contributed by atoms with Crippen molar-refractivity contribution in [2.45, 2.75) is 18.7 Å². The van der Waals surface area contributed by atoms with E-state index in [4.69, 9.17) is 23.2 Å². The van der Waals surface area contributed by atoms with Crippen LogP contribution in [0.3, 0.4) is 0 Å². The van der Waals surface area contributed by atoms with E-state index in [-0.39, 0.29) is 18.1 Å². The van der Waals surface area contributed by atoms with Gasteiger partial charge in [-0.05, 0) is 48.7 Å². The average Bonchev–Trinajstić information content (AvgIpc) is 2.33. The number of benzene rings is 2. The first-order valence-corrected chi connectivity index (χ1v) is 6.63. The summed E-state index contributed by atoms with van der Waals surface area (Å²) in [4.78, 5) is 0. The van der Waals surface area contributed by atoms with Gasteiger partial charge in [0.1, 0.15) is 11.6 Å². The van der Waals surface area contributed by atoms with Gasteiger partial charge in [-0.1, -0.05) is 23.7 Å². The van der Waals surface area contributed by atoms with Crippen molar-refractivity contribution in [2.24, 2.45) is 0 Å². The summed E-state index contributed by atoms with van der Waals surface area (Å²) in [6.07, 6.45) is 0.263. The van der Waals surface area contributed by atoms with E-state index in [9.17, 15) is 8.78 Å². The van der Waals surface area contributed by atoms with Gasteiger partial charge in [-0.2, -0.15) is 0 Å². The molecule has 0 bridgehead atoms. The maximum atomic E-state index is 13.7. The van der Waals surface area contributed by atoms with E-state index >= 15 is 0 Å². The van der Waals surface area contributed by atoms with Crippen LogP contribution in [0.4, 0.5) is 8.78 Å². The first-order valence-electron chi connectivity index (χ1n) is 5.82. The van der Waals surface area contributed by atoms with E-state index in [2.05, 4.69) is 0 Å². The third-order valence-corrected chi connectivity index (χ3v) is 3.76. The smallest absolute Gasteiger partial charge is 0.127 e. The lowest BCUT2D eigenvalue weighted by molar-refractivity contribution is 0.606. The van der Waals surface area contributed by atoms with Crippen LogP contribution in [0.2, 0.25) is 5.02 Å². The van der Waals surface area contributed by atoms with Crippen molar-refractivity contribution in [3.63, 3.8) is 0 Å². The zero-order chi connectivity index (χ0) is 14.0. The highest BCUT2D eigenvalue weighted by Gasteiger charge is 2.16. The van der Waals surface area contributed by atoms with Crippen molar-refractivity contribution in [3.05, 3.63) is 69.7 Å². The van der Waals surface area contributed by atoms with Crippen LogP contribution in [0.25, 0.3) is 0 Å². The normalized spacial score (nSPS) is 12.5. The van der Waals surface area contributed by atoms with Gasteiger partial charge in [-0.15, -0.1) is 11.6 Å². The third-order valence-electron chi connectivity index (χ3n) is 3.01. The van der Waals surface area contributed by atoms with Crippen LogP contribution < -0.4 is 0 Å². The van der Waals surface area contributed by atoms with E-state index in [1.165, 1.54) is 18.2 Å². The van der Waals surface area contributed by atoms with E-state index in [0.29, 0.717) is 10.6 Å². The van der Waals surface area contributed by atoms with E-state index in [1.54, 1.807) is 25.1 Å². The zero-order valence-corrected chi connectivity index (χ0v) is 11.8. The Hall–Kier alpha value is -1.12. The van der Waals surface area contributed by atoms with Crippen LogP contribution in [0.5, 0.6) is 0 Å². The fourth-order valence-corrected chi connectivity index (χ4v) is 2.65. The summed E-state index contributed by atoms with van der Waals surface area (Å²) in [6, 6.07) is 8.91. The molecule has 0 aromatic heterocycles. The summed E-state index contributed by atoms with van der Waals surface area (Å²) >= 11 is 12.3. The second-order valence-corrected chi connectivity index (χ2v) is 5.31. The molecule has 0 aliphatic rings. The molecule has 0 N–H and O–H groups in total. The second-order valence-electron chi connectivity index (χ2n) is 4.37. The second kappa shape index (κ2) is 5.89. The van der Waals surface area contributed by atoms with Gasteiger partial charge in [0.25, 0.3) is 0 Å². The van der Waals surface area contributed by atoms with Gasteiger partial charge in [0, 0.05) is 10.6 Å². The lowest BCUT2D eigenvalue weighted by atomic mass is 9.99. The third kappa shape index (κ3) is 3.26. The van der Waals surface area contributed by atoms with Gasteiger partial charge < -0.3 is 0 Å². The summed E-state index contributed by atoms with van der Waals surface area (Å²) in [7, 11) is 0. The minimum absolute atomic E-state index is 0.263. The molecule has 2 aromatic rings. The van der Waals surface area contributed by atoms with E-state index < -0.39 is 5.38 Å². The molecule has 0 fully saturated rings. The Labute approximate surface area is 121 Å². The molecule has 2 rings (SSSR count).